The standard InChI is InChI=1S/C10H14FN3O4S/c1-4-13(3)19(17,18)10-8(11)5-7(14(15)16)6-9(10)12-2/h5-6,12H,4H2,1-3H3. The highest BCUT2D eigenvalue weighted by atomic mass is 32.2. The monoisotopic (exact) mass is 291 g/mol. The number of sulfonamides is 1. The van der Waals surface area contributed by atoms with Crippen LogP contribution in [0.15, 0.2) is 17.0 Å². The third-order valence-corrected chi connectivity index (χ3v) is 4.63. The summed E-state index contributed by atoms with van der Waals surface area (Å²) in [6.45, 7) is 1.75. The third kappa shape index (κ3) is 2.82. The van der Waals surface area contributed by atoms with Gasteiger partial charge in [0.15, 0.2) is 5.82 Å². The fourth-order valence-corrected chi connectivity index (χ4v) is 2.85. The normalized spacial score (nSPS) is 11.6. The maximum atomic E-state index is 13.9. The van der Waals surface area contributed by atoms with Gasteiger partial charge in [-0.3, -0.25) is 10.1 Å². The lowest BCUT2D eigenvalue weighted by atomic mass is 10.2. The molecule has 1 aromatic carbocycles. The van der Waals surface area contributed by atoms with E-state index in [-0.39, 0.29) is 12.2 Å². The summed E-state index contributed by atoms with van der Waals surface area (Å²) in [5, 5.41) is 13.1. The average molecular weight is 291 g/mol. The third-order valence-electron chi connectivity index (χ3n) is 2.62. The Bertz CT molecular complexity index is 603. The van der Waals surface area contributed by atoms with Gasteiger partial charge in [-0.2, -0.15) is 0 Å². The molecule has 0 aliphatic heterocycles. The number of rotatable bonds is 5. The molecule has 0 saturated carbocycles. The van der Waals surface area contributed by atoms with Gasteiger partial charge in [0.2, 0.25) is 10.0 Å². The average Bonchev–Trinajstić information content (AvgIpc) is 2.35. The fourth-order valence-electron chi connectivity index (χ4n) is 1.46. The molecule has 0 aromatic heterocycles. The maximum absolute atomic E-state index is 13.9. The van der Waals surface area contributed by atoms with E-state index in [1.165, 1.54) is 14.1 Å². The minimum absolute atomic E-state index is 0.146. The SMILES string of the molecule is CCN(C)S(=O)(=O)c1c(F)cc([N+](=O)[O-])cc1NC. The second-order valence-electron chi connectivity index (χ2n) is 3.73. The van der Waals surface area contributed by atoms with Crippen molar-refractivity contribution in [3.05, 3.63) is 28.1 Å². The van der Waals surface area contributed by atoms with E-state index in [4.69, 9.17) is 0 Å². The van der Waals surface area contributed by atoms with E-state index in [1.54, 1.807) is 6.92 Å². The molecular weight excluding hydrogens is 277 g/mol. The van der Waals surface area contributed by atoms with Gasteiger partial charge in [-0.1, -0.05) is 6.92 Å². The van der Waals surface area contributed by atoms with Crippen LogP contribution in [0.25, 0.3) is 0 Å². The molecule has 0 radical (unpaired) electrons. The van der Waals surface area contributed by atoms with Gasteiger partial charge in [-0.05, 0) is 0 Å². The Morgan fingerprint density at radius 3 is 2.47 bits per heavy atom. The molecule has 1 rings (SSSR count). The van der Waals surface area contributed by atoms with Gasteiger partial charge >= 0.3 is 0 Å². The van der Waals surface area contributed by atoms with Crippen molar-refractivity contribution >= 4 is 21.4 Å². The van der Waals surface area contributed by atoms with Crippen molar-refractivity contribution in [1.29, 1.82) is 0 Å². The minimum Gasteiger partial charge on any atom is -0.387 e. The molecular formula is C10H14FN3O4S. The van der Waals surface area contributed by atoms with Crippen molar-refractivity contribution in [2.45, 2.75) is 11.8 Å². The Labute approximate surface area is 110 Å². The molecule has 0 atom stereocenters. The molecule has 19 heavy (non-hydrogen) atoms. The first kappa shape index (κ1) is 15.3. The second-order valence-corrected chi connectivity index (χ2v) is 5.71. The largest absolute Gasteiger partial charge is 0.387 e. The van der Waals surface area contributed by atoms with Crippen LogP contribution in [0.5, 0.6) is 0 Å². The van der Waals surface area contributed by atoms with Gasteiger partial charge in [0, 0.05) is 26.7 Å². The van der Waals surface area contributed by atoms with Crippen LogP contribution in [0.2, 0.25) is 0 Å². The molecule has 9 heteroatoms. The zero-order valence-electron chi connectivity index (χ0n) is 10.7. The Hall–Kier alpha value is -1.74. The molecule has 0 fully saturated rings. The van der Waals surface area contributed by atoms with Crippen LogP contribution in [-0.4, -0.2) is 38.3 Å². The summed E-state index contributed by atoms with van der Waals surface area (Å²) in [5.74, 6) is -1.15. The van der Waals surface area contributed by atoms with E-state index < -0.39 is 31.3 Å². The predicted octanol–water partition coefficient (Wildman–Crippen LogP) is 1.42. The highest BCUT2D eigenvalue weighted by molar-refractivity contribution is 7.89. The van der Waals surface area contributed by atoms with Crippen molar-refractivity contribution in [3.8, 4) is 0 Å². The van der Waals surface area contributed by atoms with Gasteiger partial charge < -0.3 is 5.32 Å². The molecule has 0 amide bonds. The summed E-state index contributed by atoms with van der Waals surface area (Å²) in [6.07, 6.45) is 0. The number of nitrogens with zero attached hydrogens (tertiary/aromatic N) is 2. The zero-order chi connectivity index (χ0) is 14.8. The summed E-state index contributed by atoms with van der Waals surface area (Å²) in [6, 6.07) is 1.58. The van der Waals surface area contributed by atoms with E-state index in [0.717, 1.165) is 10.4 Å². The molecule has 106 valence electrons. The number of nitro benzene ring substituents is 1. The van der Waals surface area contributed by atoms with Crippen molar-refractivity contribution in [1.82, 2.24) is 4.31 Å². The quantitative estimate of drug-likeness (QED) is 0.654. The van der Waals surface area contributed by atoms with Gasteiger partial charge in [0.25, 0.3) is 5.69 Å². The van der Waals surface area contributed by atoms with Gasteiger partial charge in [-0.25, -0.2) is 17.1 Å². The summed E-state index contributed by atoms with van der Waals surface area (Å²) >= 11 is 0. The minimum atomic E-state index is -4.03. The maximum Gasteiger partial charge on any atom is 0.274 e. The fraction of sp³-hybridized carbons (Fsp3) is 0.400. The van der Waals surface area contributed by atoms with E-state index in [1.807, 2.05) is 0 Å². The number of benzene rings is 1. The lowest BCUT2D eigenvalue weighted by Crippen LogP contribution is -2.28. The first-order valence-corrected chi connectivity index (χ1v) is 6.81. The molecule has 7 nitrogen and oxygen atoms in total. The summed E-state index contributed by atoms with van der Waals surface area (Å²) in [7, 11) is -1.37. The Kier molecular flexibility index (Phi) is 4.43. The van der Waals surface area contributed by atoms with Crippen LogP contribution in [0.4, 0.5) is 15.8 Å². The molecule has 0 bridgehead atoms. The van der Waals surface area contributed by atoms with E-state index >= 15 is 0 Å². The Balaban J connectivity index is 3.57. The van der Waals surface area contributed by atoms with Crippen molar-refractivity contribution in [2.24, 2.45) is 0 Å². The molecule has 0 aliphatic carbocycles. The highest BCUT2D eigenvalue weighted by Crippen LogP contribution is 2.31. The first-order chi connectivity index (χ1) is 8.75. The number of halogens is 1. The number of nitrogens with one attached hydrogen (secondary N) is 1. The molecule has 1 N–H and O–H groups in total. The van der Waals surface area contributed by atoms with Crippen LogP contribution < -0.4 is 5.32 Å². The second kappa shape index (κ2) is 5.49. The van der Waals surface area contributed by atoms with Gasteiger partial charge in [-0.15, -0.1) is 0 Å². The Morgan fingerprint density at radius 2 is 2.05 bits per heavy atom. The lowest BCUT2D eigenvalue weighted by molar-refractivity contribution is -0.385. The van der Waals surface area contributed by atoms with Crippen molar-refractivity contribution in [2.75, 3.05) is 26.0 Å². The smallest absolute Gasteiger partial charge is 0.274 e. The number of hydrogen-bond donors (Lipinski definition) is 1. The van der Waals surface area contributed by atoms with Crippen molar-refractivity contribution < 1.29 is 17.7 Å². The summed E-state index contributed by atoms with van der Waals surface area (Å²) < 4.78 is 39.1. The molecule has 1 aromatic rings. The van der Waals surface area contributed by atoms with E-state index in [9.17, 15) is 22.9 Å². The molecule has 0 saturated heterocycles. The van der Waals surface area contributed by atoms with Crippen LogP contribution in [0, 0.1) is 15.9 Å². The van der Waals surface area contributed by atoms with Crippen LogP contribution in [0.3, 0.4) is 0 Å². The van der Waals surface area contributed by atoms with Gasteiger partial charge in [0.05, 0.1) is 16.7 Å². The van der Waals surface area contributed by atoms with Crippen LogP contribution in [0.1, 0.15) is 6.92 Å². The van der Waals surface area contributed by atoms with Crippen molar-refractivity contribution in [3.63, 3.8) is 0 Å². The first-order valence-electron chi connectivity index (χ1n) is 5.37. The van der Waals surface area contributed by atoms with Crippen LogP contribution >= 0.6 is 0 Å². The summed E-state index contributed by atoms with van der Waals surface area (Å²) in [4.78, 5) is 9.24. The molecule has 0 heterocycles. The predicted molar refractivity (Wildman–Crippen MR) is 68.1 cm³/mol. The topological polar surface area (TPSA) is 92.5 Å². The Morgan fingerprint density at radius 1 is 1.47 bits per heavy atom. The molecule has 0 unspecified atom stereocenters. The number of hydrogen-bond acceptors (Lipinski definition) is 5. The number of nitro groups is 1. The van der Waals surface area contributed by atoms with Gasteiger partial charge in [0.1, 0.15) is 4.90 Å². The number of non-ortho nitro benzene ring substituents is 1. The lowest BCUT2D eigenvalue weighted by Gasteiger charge is -2.17. The van der Waals surface area contributed by atoms with Crippen LogP contribution in [-0.2, 0) is 10.0 Å². The summed E-state index contributed by atoms with van der Waals surface area (Å²) in [5.41, 5.74) is -0.660. The number of anilines is 1. The molecule has 0 spiro atoms. The highest BCUT2D eigenvalue weighted by Gasteiger charge is 2.29. The molecule has 0 aliphatic rings. The van der Waals surface area contributed by atoms with E-state index in [2.05, 4.69) is 5.32 Å². The zero-order valence-corrected chi connectivity index (χ0v) is 11.5. The van der Waals surface area contributed by atoms with E-state index in [0.29, 0.717) is 6.07 Å².